The molecule has 1 aromatic heterocycles. The highest BCUT2D eigenvalue weighted by Crippen LogP contribution is 2.32. The molecule has 33 heavy (non-hydrogen) atoms. The fourth-order valence-electron chi connectivity index (χ4n) is 3.89. The normalized spacial score (nSPS) is 15.9. The van der Waals surface area contributed by atoms with E-state index in [-0.39, 0.29) is 16.7 Å². The highest BCUT2D eigenvalue weighted by molar-refractivity contribution is 7.89. The Kier molecular flexibility index (Phi) is 7.35. The summed E-state index contributed by atoms with van der Waals surface area (Å²) in [5, 5.41) is 1.19. The van der Waals surface area contributed by atoms with Crippen molar-refractivity contribution in [2.24, 2.45) is 5.92 Å². The Bertz CT molecular complexity index is 1190. The molecule has 3 aromatic rings. The summed E-state index contributed by atoms with van der Waals surface area (Å²) < 4.78 is 28.5. The van der Waals surface area contributed by atoms with Crippen LogP contribution in [0.15, 0.2) is 53.4 Å². The van der Waals surface area contributed by atoms with Crippen LogP contribution in [0.4, 0.5) is 5.13 Å². The number of hydrogen-bond acceptors (Lipinski definition) is 6. The molecule has 2 heterocycles. The van der Waals surface area contributed by atoms with E-state index in [4.69, 9.17) is 16.6 Å². The van der Waals surface area contributed by atoms with Crippen molar-refractivity contribution in [2.45, 2.75) is 17.7 Å². The van der Waals surface area contributed by atoms with Gasteiger partial charge in [0.1, 0.15) is 0 Å². The molecule has 1 aliphatic heterocycles. The predicted molar refractivity (Wildman–Crippen MR) is 133 cm³/mol. The maximum Gasteiger partial charge on any atom is 0.243 e. The molecule has 0 saturated carbocycles. The maximum absolute atomic E-state index is 13.5. The number of rotatable bonds is 7. The van der Waals surface area contributed by atoms with Gasteiger partial charge < -0.3 is 4.90 Å². The molecule has 2 aromatic carbocycles. The second-order valence-corrected chi connectivity index (χ2v) is 11.8. The number of amides is 1. The molecular formula is C23H27ClN4O3S2. The molecule has 1 aliphatic rings. The Balaban J connectivity index is 1.49. The largest absolute Gasteiger partial charge is 0.308 e. The van der Waals surface area contributed by atoms with Gasteiger partial charge in [0.05, 0.1) is 15.1 Å². The molecule has 0 N–H and O–H groups in total. The second-order valence-electron chi connectivity index (χ2n) is 8.39. The molecule has 0 radical (unpaired) electrons. The first kappa shape index (κ1) is 24.1. The summed E-state index contributed by atoms with van der Waals surface area (Å²) in [7, 11) is 0.340. The van der Waals surface area contributed by atoms with Gasteiger partial charge in [-0.1, -0.05) is 35.1 Å². The van der Waals surface area contributed by atoms with Crippen molar-refractivity contribution in [3.05, 3.63) is 53.6 Å². The highest BCUT2D eigenvalue weighted by Gasteiger charge is 2.35. The predicted octanol–water partition coefficient (Wildman–Crippen LogP) is 3.95. The van der Waals surface area contributed by atoms with Gasteiger partial charge in [0, 0.05) is 37.1 Å². The van der Waals surface area contributed by atoms with E-state index < -0.39 is 10.0 Å². The van der Waals surface area contributed by atoms with Crippen molar-refractivity contribution in [3.8, 4) is 0 Å². The number of likely N-dealkylation sites (N-methyl/N-ethyl adjacent to an activating group) is 1. The van der Waals surface area contributed by atoms with Gasteiger partial charge in [0.2, 0.25) is 15.9 Å². The topological polar surface area (TPSA) is 73.8 Å². The Labute approximate surface area is 203 Å². The lowest BCUT2D eigenvalue weighted by molar-refractivity contribution is -0.123. The highest BCUT2D eigenvalue weighted by atomic mass is 35.5. The molecule has 10 heteroatoms. The molecule has 0 unspecified atom stereocenters. The number of anilines is 1. The second kappa shape index (κ2) is 10.1. The minimum Gasteiger partial charge on any atom is -0.308 e. The number of halogens is 1. The van der Waals surface area contributed by atoms with Crippen LogP contribution in [0.5, 0.6) is 0 Å². The molecule has 1 fully saturated rings. The van der Waals surface area contributed by atoms with Gasteiger partial charge in [-0.3, -0.25) is 9.69 Å². The van der Waals surface area contributed by atoms with Crippen LogP contribution < -0.4 is 4.90 Å². The summed E-state index contributed by atoms with van der Waals surface area (Å²) in [5.74, 6) is -0.227. The van der Waals surface area contributed by atoms with E-state index >= 15 is 0 Å². The van der Waals surface area contributed by atoms with Crippen LogP contribution in [0.1, 0.15) is 12.8 Å². The van der Waals surface area contributed by atoms with Crippen molar-refractivity contribution in [3.63, 3.8) is 0 Å². The number of nitrogens with zero attached hydrogens (tertiary/aromatic N) is 4. The van der Waals surface area contributed by atoms with Crippen LogP contribution in [0.25, 0.3) is 10.2 Å². The van der Waals surface area contributed by atoms with Crippen molar-refractivity contribution in [1.82, 2.24) is 14.2 Å². The number of carbonyl (C=O) groups is 1. The standard InChI is InChI=1S/C23H27ClN4O3S2/c1-26(2)15-16-28(23-25-20-5-3-4-6-21(20)32-23)22(29)17-11-13-27(14-12-17)33(30,31)19-9-7-18(24)8-10-19/h3-10,17H,11-16H2,1-2H3. The molecule has 1 amide bonds. The SMILES string of the molecule is CN(C)CCN(C(=O)C1CCN(S(=O)(=O)c2ccc(Cl)cc2)CC1)c1nc2ccccc2s1. The van der Waals surface area contributed by atoms with Crippen molar-refractivity contribution < 1.29 is 13.2 Å². The zero-order valence-electron chi connectivity index (χ0n) is 18.6. The van der Waals surface area contributed by atoms with Crippen molar-refractivity contribution >= 4 is 54.2 Å². The van der Waals surface area contributed by atoms with E-state index in [1.54, 1.807) is 17.0 Å². The lowest BCUT2D eigenvalue weighted by Gasteiger charge is -2.33. The van der Waals surface area contributed by atoms with Crippen LogP contribution >= 0.6 is 22.9 Å². The lowest BCUT2D eigenvalue weighted by atomic mass is 9.96. The van der Waals surface area contributed by atoms with Gasteiger partial charge in [0.15, 0.2) is 5.13 Å². The molecular weight excluding hydrogens is 480 g/mol. The Morgan fingerprint density at radius 2 is 1.76 bits per heavy atom. The number of aromatic nitrogens is 1. The van der Waals surface area contributed by atoms with Gasteiger partial charge in [-0.25, -0.2) is 13.4 Å². The van der Waals surface area contributed by atoms with Gasteiger partial charge in [-0.15, -0.1) is 0 Å². The summed E-state index contributed by atoms with van der Waals surface area (Å²) in [5.41, 5.74) is 0.879. The summed E-state index contributed by atoms with van der Waals surface area (Å²) in [4.78, 5) is 22.3. The van der Waals surface area contributed by atoms with E-state index in [1.807, 2.05) is 43.3 Å². The number of sulfonamides is 1. The van der Waals surface area contributed by atoms with Gasteiger partial charge in [-0.05, 0) is 63.3 Å². The summed E-state index contributed by atoms with van der Waals surface area (Å²) in [6, 6.07) is 14.0. The number of para-hydroxylation sites is 1. The van der Waals surface area contributed by atoms with Gasteiger partial charge in [-0.2, -0.15) is 4.31 Å². The summed E-state index contributed by atoms with van der Waals surface area (Å²) >= 11 is 7.41. The third kappa shape index (κ3) is 5.38. The number of hydrogen-bond donors (Lipinski definition) is 0. The van der Waals surface area contributed by atoms with E-state index in [9.17, 15) is 13.2 Å². The van der Waals surface area contributed by atoms with Crippen molar-refractivity contribution in [2.75, 3.05) is 45.2 Å². The summed E-state index contributed by atoms with van der Waals surface area (Å²) in [6.45, 7) is 1.87. The zero-order valence-corrected chi connectivity index (χ0v) is 21.0. The van der Waals surface area contributed by atoms with Crippen LogP contribution in [0, 0.1) is 5.92 Å². The number of fused-ring (bicyclic) bond motifs is 1. The lowest BCUT2D eigenvalue weighted by Crippen LogP contribution is -2.46. The molecule has 176 valence electrons. The number of benzene rings is 2. The average Bonchev–Trinajstić information content (AvgIpc) is 3.23. The molecule has 0 bridgehead atoms. The van der Waals surface area contributed by atoms with Crippen molar-refractivity contribution in [1.29, 1.82) is 0 Å². The molecule has 0 spiro atoms. The minimum atomic E-state index is -3.61. The van der Waals surface area contributed by atoms with Gasteiger partial charge in [0.25, 0.3) is 0 Å². The zero-order chi connectivity index (χ0) is 23.6. The van der Waals surface area contributed by atoms with Gasteiger partial charge >= 0.3 is 0 Å². The minimum absolute atomic E-state index is 0.0134. The molecule has 0 aliphatic carbocycles. The van der Waals surface area contributed by atoms with Crippen LogP contribution in [-0.4, -0.2) is 68.8 Å². The van der Waals surface area contributed by atoms with E-state index in [2.05, 4.69) is 0 Å². The average molecular weight is 507 g/mol. The monoisotopic (exact) mass is 506 g/mol. The molecule has 1 saturated heterocycles. The quantitative estimate of drug-likeness (QED) is 0.485. The third-order valence-electron chi connectivity index (χ3n) is 5.80. The molecule has 7 nitrogen and oxygen atoms in total. The first-order chi connectivity index (χ1) is 15.8. The Morgan fingerprint density at radius 3 is 2.39 bits per heavy atom. The number of carbonyl (C=O) groups excluding carboxylic acids is 1. The summed E-state index contributed by atoms with van der Waals surface area (Å²) in [6.07, 6.45) is 0.962. The Morgan fingerprint density at radius 1 is 1.09 bits per heavy atom. The number of thiazole rings is 1. The van der Waals surface area contributed by atoms with E-state index in [0.717, 1.165) is 10.2 Å². The number of piperidine rings is 1. The first-order valence-electron chi connectivity index (χ1n) is 10.8. The maximum atomic E-state index is 13.5. The fraction of sp³-hybridized carbons (Fsp3) is 0.391. The third-order valence-corrected chi connectivity index (χ3v) is 9.03. The Hall–Kier alpha value is -2.04. The smallest absolute Gasteiger partial charge is 0.243 e. The van der Waals surface area contributed by atoms with Crippen LogP contribution in [0.3, 0.4) is 0 Å². The van der Waals surface area contributed by atoms with E-state index in [0.29, 0.717) is 49.2 Å². The van der Waals surface area contributed by atoms with Crippen LogP contribution in [-0.2, 0) is 14.8 Å². The molecule has 0 atom stereocenters. The molecule has 4 rings (SSSR count). The van der Waals surface area contributed by atoms with E-state index in [1.165, 1.54) is 27.8 Å². The van der Waals surface area contributed by atoms with Crippen LogP contribution in [0.2, 0.25) is 5.02 Å². The fourth-order valence-corrected chi connectivity index (χ4v) is 6.49. The first-order valence-corrected chi connectivity index (χ1v) is 13.5.